The monoisotopic (exact) mass is 416 g/mol. The maximum Gasteiger partial charge on any atom is 0.265 e. The lowest BCUT2D eigenvalue weighted by molar-refractivity contribution is 0.103. The first-order valence-electron chi connectivity index (χ1n) is 8.70. The molecule has 28 heavy (non-hydrogen) atoms. The van der Waals surface area contributed by atoms with E-state index in [0.717, 1.165) is 10.4 Å². The summed E-state index contributed by atoms with van der Waals surface area (Å²) in [6.07, 6.45) is 0.621. The van der Waals surface area contributed by atoms with Gasteiger partial charge in [0.15, 0.2) is 0 Å². The molecule has 0 spiro atoms. The van der Waals surface area contributed by atoms with Gasteiger partial charge in [0.05, 0.1) is 16.3 Å². The van der Waals surface area contributed by atoms with Crippen LogP contribution in [0.2, 0.25) is 0 Å². The lowest BCUT2D eigenvalue weighted by Gasteiger charge is -2.17. The molecule has 0 saturated carbocycles. The van der Waals surface area contributed by atoms with Crippen LogP contribution in [-0.2, 0) is 10.0 Å². The molecule has 1 aromatic heterocycles. The summed E-state index contributed by atoms with van der Waals surface area (Å²) in [5.74, 6) is -0.386. The first-order chi connectivity index (χ1) is 13.4. The number of carbonyl (C=O) groups is 1. The zero-order chi connectivity index (χ0) is 19.7. The molecule has 0 radical (unpaired) electrons. The Bertz CT molecular complexity index is 1110. The fraction of sp³-hybridized carbons (Fsp3) is 0.150. The number of halogens is 1. The minimum Gasteiger partial charge on any atom is -0.321 e. The van der Waals surface area contributed by atoms with Crippen molar-refractivity contribution >= 4 is 38.6 Å². The van der Waals surface area contributed by atoms with Gasteiger partial charge in [0.2, 0.25) is 10.0 Å². The molecule has 0 atom stereocenters. The van der Waals surface area contributed by atoms with E-state index in [1.54, 1.807) is 42.5 Å². The van der Waals surface area contributed by atoms with Crippen LogP contribution in [0.25, 0.3) is 10.4 Å². The zero-order valence-electron chi connectivity index (χ0n) is 14.8. The molecule has 2 heterocycles. The number of carbonyl (C=O) groups excluding carboxylic acids is 1. The number of hydrogen-bond acceptors (Lipinski definition) is 4. The van der Waals surface area contributed by atoms with Gasteiger partial charge in [-0.05, 0) is 60.5 Å². The van der Waals surface area contributed by atoms with E-state index in [-0.39, 0.29) is 17.5 Å². The third kappa shape index (κ3) is 3.79. The zero-order valence-corrected chi connectivity index (χ0v) is 16.4. The van der Waals surface area contributed by atoms with E-state index in [1.807, 2.05) is 6.07 Å². The van der Waals surface area contributed by atoms with E-state index in [2.05, 4.69) is 5.32 Å². The number of rotatable bonds is 4. The fourth-order valence-corrected chi connectivity index (χ4v) is 5.53. The van der Waals surface area contributed by atoms with Crippen LogP contribution in [0.3, 0.4) is 0 Å². The standard InChI is InChI=1S/C20H17FN2O3S2/c21-15-4-2-14(3-5-15)18-10-11-19(27-18)20(24)22-16-6-8-17(9-7-16)23-12-1-13-28(23,25)26/h2-11H,1,12-13H2,(H,22,24). The highest BCUT2D eigenvalue weighted by Gasteiger charge is 2.28. The molecule has 2 aromatic carbocycles. The van der Waals surface area contributed by atoms with Crippen LogP contribution >= 0.6 is 11.3 Å². The summed E-state index contributed by atoms with van der Waals surface area (Å²) in [5.41, 5.74) is 2.04. The number of nitrogens with zero attached hydrogens (tertiary/aromatic N) is 1. The van der Waals surface area contributed by atoms with Crippen molar-refractivity contribution in [1.82, 2.24) is 0 Å². The Labute approximate surface area is 166 Å². The third-order valence-corrected chi connectivity index (χ3v) is 7.47. The van der Waals surface area contributed by atoms with Crippen molar-refractivity contribution in [1.29, 1.82) is 0 Å². The van der Waals surface area contributed by atoms with Gasteiger partial charge in [-0.2, -0.15) is 0 Å². The molecule has 1 aliphatic rings. The molecule has 0 aliphatic carbocycles. The summed E-state index contributed by atoms with van der Waals surface area (Å²) in [6.45, 7) is 0.482. The van der Waals surface area contributed by atoms with Gasteiger partial charge in [-0.3, -0.25) is 9.10 Å². The van der Waals surface area contributed by atoms with Crippen LogP contribution in [0.4, 0.5) is 15.8 Å². The van der Waals surface area contributed by atoms with Crippen LogP contribution in [-0.4, -0.2) is 26.6 Å². The van der Waals surface area contributed by atoms with E-state index >= 15 is 0 Å². The Morgan fingerprint density at radius 2 is 1.71 bits per heavy atom. The van der Waals surface area contributed by atoms with Crippen LogP contribution in [0.5, 0.6) is 0 Å². The first-order valence-corrected chi connectivity index (χ1v) is 11.1. The summed E-state index contributed by atoms with van der Waals surface area (Å²) >= 11 is 1.32. The molecule has 5 nitrogen and oxygen atoms in total. The van der Waals surface area contributed by atoms with Crippen molar-refractivity contribution in [2.75, 3.05) is 21.9 Å². The Morgan fingerprint density at radius 1 is 1.00 bits per heavy atom. The van der Waals surface area contributed by atoms with Gasteiger partial charge in [-0.25, -0.2) is 12.8 Å². The summed E-state index contributed by atoms with van der Waals surface area (Å²) in [5, 5.41) is 2.81. The summed E-state index contributed by atoms with van der Waals surface area (Å²) < 4.78 is 38.4. The first kappa shape index (κ1) is 18.6. The summed E-state index contributed by atoms with van der Waals surface area (Å²) in [6, 6.07) is 16.4. The third-order valence-electron chi connectivity index (χ3n) is 4.47. The van der Waals surface area contributed by atoms with Crippen LogP contribution in [0, 0.1) is 5.82 Å². The minimum absolute atomic E-state index is 0.167. The van der Waals surface area contributed by atoms with Crippen LogP contribution in [0.1, 0.15) is 16.1 Å². The number of hydrogen-bond donors (Lipinski definition) is 1. The van der Waals surface area contributed by atoms with Crippen molar-refractivity contribution < 1.29 is 17.6 Å². The van der Waals surface area contributed by atoms with E-state index in [0.29, 0.717) is 29.2 Å². The molecule has 0 bridgehead atoms. The number of thiophene rings is 1. The van der Waals surface area contributed by atoms with Crippen LogP contribution in [0.15, 0.2) is 60.7 Å². The van der Waals surface area contributed by atoms with Gasteiger partial charge in [-0.15, -0.1) is 11.3 Å². The normalized spacial score (nSPS) is 15.5. The molecule has 1 fully saturated rings. The lowest BCUT2D eigenvalue weighted by atomic mass is 10.2. The van der Waals surface area contributed by atoms with Gasteiger partial charge >= 0.3 is 0 Å². The topological polar surface area (TPSA) is 66.5 Å². The Morgan fingerprint density at radius 3 is 2.36 bits per heavy atom. The number of nitrogens with one attached hydrogen (secondary N) is 1. The number of sulfonamides is 1. The van der Waals surface area contributed by atoms with E-state index < -0.39 is 10.0 Å². The second kappa shape index (κ2) is 7.37. The molecule has 1 aliphatic heterocycles. The Balaban J connectivity index is 1.46. The fourth-order valence-electron chi connectivity index (χ4n) is 3.06. The maximum atomic E-state index is 13.1. The smallest absolute Gasteiger partial charge is 0.265 e. The van der Waals surface area contributed by atoms with Crippen molar-refractivity contribution in [3.63, 3.8) is 0 Å². The average molecular weight is 416 g/mol. The second-order valence-electron chi connectivity index (χ2n) is 6.41. The lowest BCUT2D eigenvalue weighted by Crippen LogP contribution is -2.24. The Hall–Kier alpha value is -2.71. The molecule has 1 saturated heterocycles. The highest BCUT2D eigenvalue weighted by Crippen LogP contribution is 2.29. The predicted molar refractivity (Wildman–Crippen MR) is 110 cm³/mol. The Kier molecular flexibility index (Phi) is 4.91. The van der Waals surface area contributed by atoms with Crippen molar-refractivity contribution in [3.05, 3.63) is 71.4 Å². The molecule has 1 amide bonds. The van der Waals surface area contributed by atoms with Crippen LogP contribution < -0.4 is 9.62 Å². The molecule has 144 valence electrons. The molecule has 4 rings (SSSR count). The molecular weight excluding hydrogens is 399 g/mol. The minimum atomic E-state index is -3.22. The van der Waals surface area contributed by atoms with E-state index in [4.69, 9.17) is 0 Å². The number of benzene rings is 2. The largest absolute Gasteiger partial charge is 0.321 e. The van der Waals surface area contributed by atoms with Gasteiger partial charge in [-0.1, -0.05) is 12.1 Å². The summed E-state index contributed by atoms with van der Waals surface area (Å²) in [7, 11) is -3.22. The summed E-state index contributed by atoms with van der Waals surface area (Å²) in [4.78, 5) is 13.9. The quantitative estimate of drug-likeness (QED) is 0.688. The predicted octanol–water partition coefficient (Wildman–Crippen LogP) is 4.35. The highest BCUT2D eigenvalue weighted by molar-refractivity contribution is 7.93. The van der Waals surface area contributed by atoms with Gasteiger partial charge in [0.1, 0.15) is 5.82 Å². The number of anilines is 2. The van der Waals surface area contributed by atoms with Crippen molar-refractivity contribution in [3.8, 4) is 10.4 Å². The van der Waals surface area contributed by atoms with Gasteiger partial charge < -0.3 is 5.32 Å². The molecule has 3 aromatic rings. The second-order valence-corrected chi connectivity index (χ2v) is 9.51. The molecular formula is C20H17FN2O3S2. The molecule has 8 heteroatoms. The SMILES string of the molecule is O=C(Nc1ccc(N2CCCS2(=O)=O)cc1)c1ccc(-c2ccc(F)cc2)s1. The maximum absolute atomic E-state index is 13.1. The van der Waals surface area contributed by atoms with Crippen molar-refractivity contribution in [2.45, 2.75) is 6.42 Å². The van der Waals surface area contributed by atoms with Gasteiger partial charge in [0, 0.05) is 17.1 Å². The van der Waals surface area contributed by atoms with Gasteiger partial charge in [0.25, 0.3) is 5.91 Å². The highest BCUT2D eigenvalue weighted by atomic mass is 32.2. The van der Waals surface area contributed by atoms with E-state index in [1.165, 1.54) is 27.8 Å². The molecule has 0 unspecified atom stereocenters. The molecule has 1 N–H and O–H groups in total. The number of amides is 1. The van der Waals surface area contributed by atoms with E-state index in [9.17, 15) is 17.6 Å². The van der Waals surface area contributed by atoms with Crippen molar-refractivity contribution in [2.24, 2.45) is 0 Å². The average Bonchev–Trinajstić information content (AvgIpc) is 3.30.